The van der Waals surface area contributed by atoms with Gasteiger partial charge in [-0.2, -0.15) is 0 Å². The number of ether oxygens (including phenoxy) is 1. The fourth-order valence-electron chi connectivity index (χ4n) is 2.59. The van der Waals surface area contributed by atoms with Gasteiger partial charge < -0.3 is 10.1 Å². The SMILES string of the molecule is COc1ccc2ncn(C3CCNCC3)c(=O)c2c1. The fourth-order valence-corrected chi connectivity index (χ4v) is 2.59. The van der Waals surface area contributed by atoms with E-state index in [1.54, 1.807) is 24.1 Å². The molecule has 2 heterocycles. The molecule has 0 radical (unpaired) electrons. The van der Waals surface area contributed by atoms with E-state index in [0.717, 1.165) is 31.4 Å². The summed E-state index contributed by atoms with van der Waals surface area (Å²) in [5.41, 5.74) is 0.742. The summed E-state index contributed by atoms with van der Waals surface area (Å²) in [6.07, 6.45) is 3.61. The summed E-state index contributed by atoms with van der Waals surface area (Å²) in [5.74, 6) is 0.689. The highest BCUT2D eigenvalue weighted by atomic mass is 16.5. The fraction of sp³-hybridized carbons (Fsp3) is 0.429. The van der Waals surface area contributed by atoms with Crippen LogP contribution in [-0.2, 0) is 0 Å². The lowest BCUT2D eigenvalue weighted by atomic mass is 10.1. The van der Waals surface area contributed by atoms with Gasteiger partial charge in [-0.25, -0.2) is 4.98 Å². The number of hydrogen-bond donors (Lipinski definition) is 1. The van der Waals surface area contributed by atoms with E-state index in [0.29, 0.717) is 11.1 Å². The molecule has 5 heteroatoms. The van der Waals surface area contributed by atoms with Crippen molar-refractivity contribution >= 4 is 10.9 Å². The van der Waals surface area contributed by atoms with Crippen LogP contribution in [0.5, 0.6) is 5.75 Å². The Morgan fingerprint density at radius 1 is 1.37 bits per heavy atom. The summed E-state index contributed by atoms with van der Waals surface area (Å²) in [7, 11) is 1.60. The van der Waals surface area contributed by atoms with Crippen LogP contribution in [0, 0.1) is 0 Å². The monoisotopic (exact) mass is 259 g/mol. The second kappa shape index (κ2) is 5.01. The third-order valence-corrected chi connectivity index (χ3v) is 3.69. The Bertz CT molecular complexity index is 645. The van der Waals surface area contributed by atoms with Gasteiger partial charge in [0.25, 0.3) is 5.56 Å². The average Bonchev–Trinajstić information content (AvgIpc) is 2.48. The molecule has 0 saturated carbocycles. The largest absolute Gasteiger partial charge is 0.497 e. The highest BCUT2D eigenvalue weighted by molar-refractivity contribution is 5.78. The maximum absolute atomic E-state index is 12.5. The van der Waals surface area contributed by atoms with Crippen LogP contribution in [0.25, 0.3) is 10.9 Å². The molecule has 1 aliphatic rings. The number of nitrogens with zero attached hydrogens (tertiary/aromatic N) is 2. The van der Waals surface area contributed by atoms with Crippen LogP contribution in [0.1, 0.15) is 18.9 Å². The summed E-state index contributed by atoms with van der Waals surface area (Å²) in [4.78, 5) is 16.9. The minimum absolute atomic E-state index is 0.0239. The third kappa shape index (κ3) is 2.21. The zero-order chi connectivity index (χ0) is 13.2. The number of benzene rings is 1. The van der Waals surface area contributed by atoms with Gasteiger partial charge in [-0.1, -0.05) is 0 Å². The lowest BCUT2D eigenvalue weighted by Gasteiger charge is -2.24. The predicted molar refractivity (Wildman–Crippen MR) is 73.7 cm³/mol. The second-order valence-electron chi connectivity index (χ2n) is 4.82. The zero-order valence-corrected chi connectivity index (χ0v) is 10.9. The predicted octanol–water partition coefficient (Wildman–Crippen LogP) is 1.33. The number of nitrogens with one attached hydrogen (secondary N) is 1. The van der Waals surface area contributed by atoms with Gasteiger partial charge in [0.1, 0.15) is 5.75 Å². The Morgan fingerprint density at radius 3 is 2.89 bits per heavy atom. The van der Waals surface area contributed by atoms with Gasteiger partial charge >= 0.3 is 0 Å². The molecule has 5 nitrogen and oxygen atoms in total. The molecule has 0 atom stereocenters. The van der Waals surface area contributed by atoms with E-state index in [1.165, 1.54) is 0 Å². The van der Waals surface area contributed by atoms with Crippen molar-refractivity contribution < 1.29 is 4.74 Å². The summed E-state index contributed by atoms with van der Waals surface area (Å²) >= 11 is 0. The average molecular weight is 259 g/mol. The van der Waals surface area contributed by atoms with Crippen molar-refractivity contribution in [2.24, 2.45) is 0 Å². The molecule has 0 aliphatic carbocycles. The summed E-state index contributed by atoms with van der Waals surface area (Å²) in [6, 6.07) is 5.66. The van der Waals surface area contributed by atoms with Gasteiger partial charge in [-0.3, -0.25) is 9.36 Å². The van der Waals surface area contributed by atoms with Gasteiger partial charge in [0.2, 0.25) is 0 Å². The van der Waals surface area contributed by atoms with E-state index in [4.69, 9.17) is 4.74 Å². The lowest BCUT2D eigenvalue weighted by molar-refractivity contribution is 0.359. The van der Waals surface area contributed by atoms with Crippen molar-refractivity contribution in [3.05, 3.63) is 34.9 Å². The highest BCUT2D eigenvalue weighted by Crippen LogP contribution is 2.19. The van der Waals surface area contributed by atoms with E-state index in [2.05, 4.69) is 10.3 Å². The van der Waals surface area contributed by atoms with Crippen LogP contribution < -0.4 is 15.6 Å². The summed E-state index contributed by atoms with van der Waals surface area (Å²) in [5, 5.41) is 3.93. The maximum atomic E-state index is 12.5. The Hall–Kier alpha value is -1.88. The van der Waals surface area contributed by atoms with Crippen LogP contribution in [-0.4, -0.2) is 29.8 Å². The molecule has 1 aliphatic heterocycles. The zero-order valence-electron chi connectivity index (χ0n) is 10.9. The second-order valence-corrected chi connectivity index (χ2v) is 4.82. The first-order valence-electron chi connectivity index (χ1n) is 6.55. The molecule has 1 fully saturated rings. The van der Waals surface area contributed by atoms with Gasteiger partial charge in [-0.15, -0.1) is 0 Å². The molecule has 1 aromatic heterocycles. The van der Waals surface area contributed by atoms with E-state index in [-0.39, 0.29) is 11.6 Å². The van der Waals surface area contributed by atoms with E-state index < -0.39 is 0 Å². The molecule has 1 N–H and O–H groups in total. The normalized spacial score (nSPS) is 16.7. The number of rotatable bonds is 2. The quantitative estimate of drug-likeness (QED) is 0.884. The van der Waals surface area contributed by atoms with Crippen LogP contribution in [0.4, 0.5) is 0 Å². The Labute approximate surface area is 111 Å². The number of fused-ring (bicyclic) bond motifs is 1. The van der Waals surface area contributed by atoms with Crippen LogP contribution in [0.2, 0.25) is 0 Å². The van der Waals surface area contributed by atoms with Crippen LogP contribution in [0.3, 0.4) is 0 Å². The van der Waals surface area contributed by atoms with Crippen molar-refractivity contribution in [2.75, 3.05) is 20.2 Å². The van der Waals surface area contributed by atoms with Crippen molar-refractivity contribution in [3.63, 3.8) is 0 Å². The van der Waals surface area contributed by atoms with Crippen molar-refractivity contribution in [1.82, 2.24) is 14.9 Å². The van der Waals surface area contributed by atoms with Gasteiger partial charge in [0, 0.05) is 6.04 Å². The van der Waals surface area contributed by atoms with Gasteiger partial charge in [-0.05, 0) is 44.1 Å². The molecule has 3 rings (SSSR count). The minimum Gasteiger partial charge on any atom is -0.497 e. The van der Waals surface area contributed by atoms with E-state index in [9.17, 15) is 4.79 Å². The topological polar surface area (TPSA) is 56.1 Å². The Kier molecular flexibility index (Phi) is 3.21. The van der Waals surface area contributed by atoms with Crippen LogP contribution >= 0.6 is 0 Å². The molecule has 2 aromatic rings. The maximum Gasteiger partial charge on any atom is 0.261 e. The molecular weight excluding hydrogens is 242 g/mol. The van der Waals surface area contributed by atoms with Crippen molar-refractivity contribution in [3.8, 4) is 5.75 Å². The number of hydrogen-bond acceptors (Lipinski definition) is 4. The first-order valence-corrected chi connectivity index (χ1v) is 6.55. The Morgan fingerprint density at radius 2 is 2.16 bits per heavy atom. The molecule has 0 amide bonds. The first-order chi connectivity index (χ1) is 9.29. The smallest absolute Gasteiger partial charge is 0.261 e. The molecule has 0 spiro atoms. The van der Waals surface area contributed by atoms with E-state index >= 15 is 0 Å². The molecule has 100 valence electrons. The van der Waals surface area contributed by atoms with Crippen molar-refractivity contribution in [2.45, 2.75) is 18.9 Å². The van der Waals surface area contributed by atoms with E-state index in [1.807, 2.05) is 12.1 Å². The first kappa shape index (κ1) is 12.2. The third-order valence-electron chi connectivity index (χ3n) is 3.69. The molecule has 0 unspecified atom stereocenters. The molecule has 1 aromatic carbocycles. The molecular formula is C14H17N3O2. The molecule has 0 bridgehead atoms. The Balaban J connectivity index is 2.10. The highest BCUT2D eigenvalue weighted by Gasteiger charge is 2.17. The minimum atomic E-state index is 0.0239. The van der Waals surface area contributed by atoms with Gasteiger partial charge in [0.15, 0.2) is 0 Å². The number of methoxy groups -OCH3 is 1. The molecule has 19 heavy (non-hydrogen) atoms. The number of piperidine rings is 1. The molecule has 1 saturated heterocycles. The van der Waals surface area contributed by atoms with Crippen molar-refractivity contribution in [1.29, 1.82) is 0 Å². The van der Waals surface area contributed by atoms with Gasteiger partial charge in [0.05, 0.1) is 24.3 Å². The standard InChI is InChI=1S/C14H17N3O2/c1-19-11-2-3-13-12(8-11)14(18)17(9-16-13)10-4-6-15-7-5-10/h2-3,8-10,15H,4-7H2,1H3. The van der Waals surface area contributed by atoms with Crippen LogP contribution in [0.15, 0.2) is 29.3 Å². The summed E-state index contributed by atoms with van der Waals surface area (Å²) in [6.45, 7) is 1.90. The summed E-state index contributed by atoms with van der Waals surface area (Å²) < 4.78 is 6.94. The number of aromatic nitrogens is 2. The lowest BCUT2D eigenvalue weighted by Crippen LogP contribution is -2.34.